The molecule has 9 nitrogen and oxygen atoms in total. The van der Waals surface area contributed by atoms with E-state index in [-0.39, 0.29) is 18.3 Å². The Balaban J connectivity index is 1.82. The first kappa shape index (κ1) is 25.4. The monoisotopic (exact) mass is 496 g/mol. The number of nitrogen functional groups attached to an aromatic ring is 1. The summed E-state index contributed by atoms with van der Waals surface area (Å²) in [4.78, 5) is 24.0. The van der Waals surface area contributed by atoms with Crippen LogP contribution in [0.5, 0.6) is 11.5 Å². The lowest BCUT2D eigenvalue weighted by Crippen LogP contribution is -2.16. The van der Waals surface area contributed by atoms with E-state index >= 15 is 0 Å². The third-order valence-corrected chi connectivity index (χ3v) is 5.08. The Morgan fingerprint density at radius 3 is 2.49 bits per heavy atom. The van der Waals surface area contributed by atoms with Gasteiger partial charge in [0.15, 0.2) is 18.1 Å². The van der Waals surface area contributed by atoms with Crippen molar-refractivity contribution in [2.45, 2.75) is 13.5 Å². The van der Waals surface area contributed by atoms with E-state index in [1.807, 2.05) is 6.92 Å². The van der Waals surface area contributed by atoms with Crippen LogP contribution in [0.3, 0.4) is 0 Å². The van der Waals surface area contributed by atoms with E-state index in [0.717, 1.165) is 0 Å². The Bertz CT molecular complexity index is 1230. The summed E-state index contributed by atoms with van der Waals surface area (Å²) in [5.41, 5.74) is 8.02. The van der Waals surface area contributed by atoms with Gasteiger partial charge in [-0.2, -0.15) is 0 Å². The average molecular weight is 497 g/mol. The van der Waals surface area contributed by atoms with Crippen molar-refractivity contribution in [3.8, 4) is 11.5 Å². The van der Waals surface area contributed by atoms with Gasteiger partial charge in [0, 0.05) is 34.1 Å². The van der Waals surface area contributed by atoms with E-state index in [2.05, 4.69) is 10.6 Å². The van der Waals surface area contributed by atoms with Gasteiger partial charge in [-0.25, -0.2) is 4.79 Å². The first-order valence-corrected chi connectivity index (χ1v) is 11.0. The summed E-state index contributed by atoms with van der Waals surface area (Å²) in [7, 11) is 0. The zero-order chi connectivity index (χ0) is 25.4. The van der Waals surface area contributed by atoms with Crippen molar-refractivity contribution in [3.63, 3.8) is 0 Å². The predicted octanol–water partition coefficient (Wildman–Crippen LogP) is 4.35. The number of halogens is 1. The molecule has 0 heterocycles. The molecule has 0 spiro atoms. The van der Waals surface area contributed by atoms with Crippen LogP contribution in [-0.4, -0.2) is 36.0 Å². The maximum absolute atomic E-state index is 13.0. The second-order valence-electron chi connectivity index (χ2n) is 7.35. The number of nitrogens with one attached hydrogen (secondary N) is 3. The third-order valence-electron chi connectivity index (χ3n) is 4.85. The lowest BCUT2D eigenvalue weighted by Gasteiger charge is -2.17. The predicted molar refractivity (Wildman–Crippen MR) is 135 cm³/mol. The molecule has 182 valence electrons. The number of carboxylic acids is 1. The molecular formula is C25H25ClN4O5. The van der Waals surface area contributed by atoms with Crippen molar-refractivity contribution in [2.75, 3.05) is 23.8 Å². The van der Waals surface area contributed by atoms with E-state index in [9.17, 15) is 9.59 Å². The molecule has 35 heavy (non-hydrogen) atoms. The van der Waals surface area contributed by atoms with Gasteiger partial charge in [-0.3, -0.25) is 10.2 Å². The van der Waals surface area contributed by atoms with Gasteiger partial charge < -0.3 is 30.9 Å². The number of carboxylic acid groups (broad SMARTS) is 1. The number of carbonyl (C=O) groups is 2. The van der Waals surface area contributed by atoms with E-state index < -0.39 is 12.6 Å². The number of para-hydroxylation sites is 1. The van der Waals surface area contributed by atoms with Crippen LogP contribution in [0, 0.1) is 5.41 Å². The first-order chi connectivity index (χ1) is 16.8. The number of rotatable bonds is 11. The summed E-state index contributed by atoms with van der Waals surface area (Å²) < 4.78 is 11.1. The molecule has 0 aliphatic carbocycles. The molecule has 0 radical (unpaired) electrons. The highest BCUT2D eigenvalue weighted by molar-refractivity contribution is 6.31. The van der Waals surface area contributed by atoms with Gasteiger partial charge in [0.25, 0.3) is 5.91 Å². The van der Waals surface area contributed by atoms with Gasteiger partial charge >= 0.3 is 5.97 Å². The van der Waals surface area contributed by atoms with Crippen LogP contribution in [-0.2, 0) is 11.3 Å². The van der Waals surface area contributed by atoms with Crippen molar-refractivity contribution in [2.24, 2.45) is 5.73 Å². The maximum atomic E-state index is 13.0. The lowest BCUT2D eigenvalue weighted by molar-refractivity contribution is -0.139. The molecule has 1 amide bonds. The SMILES string of the molecule is CCOc1cccc(CNc2cc(Cl)ccc2C(=O)Nc2ccc(C(=N)N)cc2)c1OCC(=O)O. The van der Waals surface area contributed by atoms with Gasteiger partial charge in [-0.1, -0.05) is 23.7 Å². The van der Waals surface area contributed by atoms with Gasteiger partial charge in [-0.15, -0.1) is 0 Å². The number of hydrogen-bond donors (Lipinski definition) is 5. The smallest absolute Gasteiger partial charge is 0.341 e. The van der Waals surface area contributed by atoms with Gasteiger partial charge in [0.1, 0.15) is 5.84 Å². The lowest BCUT2D eigenvalue weighted by atomic mass is 10.1. The molecule has 0 atom stereocenters. The van der Waals surface area contributed by atoms with E-state index in [4.69, 9.17) is 37.3 Å². The largest absolute Gasteiger partial charge is 0.490 e. The number of amidine groups is 1. The summed E-state index contributed by atoms with van der Waals surface area (Å²) >= 11 is 6.18. The number of hydrogen-bond acceptors (Lipinski definition) is 6. The Morgan fingerprint density at radius 2 is 1.83 bits per heavy atom. The quantitative estimate of drug-likeness (QED) is 0.196. The topological polar surface area (TPSA) is 147 Å². The molecule has 3 aromatic rings. The Labute approximate surface area is 207 Å². The normalized spacial score (nSPS) is 10.3. The van der Waals surface area contributed by atoms with Gasteiger partial charge in [0.2, 0.25) is 0 Å². The number of amides is 1. The molecule has 0 saturated heterocycles. The van der Waals surface area contributed by atoms with Crippen LogP contribution >= 0.6 is 11.6 Å². The zero-order valence-corrected chi connectivity index (χ0v) is 19.7. The molecule has 0 fully saturated rings. The summed E-state index contributed by atoms with van der Waals surface area (Å²) in [6.07, 6.45) is 0. The Morgan fingerprint density at radius 1 is 1.09 bits per heavy atom. The molecule has 0 aliphatic heterocycles. The average Bonchev–Trinajstić information content (AvgIpc) is 2.82. The van der Waals surface area contributed by atoms with Gasteiger partial charge in [0.05, 0.1) is 12.2 Å². The molecule has 0 aromatic heterocycles. The zero-order valence-electron chi connectivity index (χ0n) is 18.9. The summed E-state index contributed by atoms with van der Waals surface area (Å²) in [5, 5.41) is 22.9. The Kier molecular flexibility index (Phi) is 8.53. The maximum Gasteiger partial charge on any atom is 0.341 e. The molecule has 3 aromatic carbocycles. The summed E-state index contributed by atoms with van der Waals surface area (Å²) in [6, 6.07) is 16.7. The molecular weight excluding hydrogens is 472 g/mol. The fourth-order valence-electron chi connectivity index (χ4n) is 3.25. The molecule has 10 heteroatoms. The van der Waals surface area contributed by atoms with Crippen LogP contribution < -0.4 is 25.8 Å². The standard InChI is InChI=1S/C25H25ClN4O5/c1-2-34-21-5-3-4-16(23(21)35-14-22(31)32)13-29-20-12-17(26)8-11-19(20)25(33)30-18-9-6-15(7-10-18)24(27)28/h3-12,29H,2,13-14H2,1H3,(H3,27,28)(H,30,33)(H,31,32). The number of aliphatic carboxylic acids is 1. The highest BCUT2D eigenvalue weighted by atomic mass is 35.5. The summed E-state index contributed by atoms with van der Waals surface area (Å²) in [6.45, 7) is 1.89. The molecule has 0 unspecified atom stereocenters. The van der Waals surface area contributed by atoms with Crippen molar-refractivity contribution >= 4 is 40.7 Å². The van der Waals surface area contributed by atoms with Crippen molar-refractivity contribution in [1.29, 1.82) is 5.41 Å². The van der Waals surface area contributed by atoms with E-state index in [1.165, 1.54) is 0 Å². The van der Waals surface area contributed by atoms with Crippen LogP contribution in [0.15, 0.2) is 60.7 Å². The minimum Gasteiger partial charge on any atom is -0.490 e. The number of benzene rings is 3. The van der Waals surface area contributed by atoms with Crippen LogP contribution in [0.4, 0.5) is 11.4 Å². The fraction of sp³-hybridized carbons (Fsp3) is 0.160. The van der Waals surface area contributed by atoms with Crippen molar-refractivity contribution < 1.29 is 24.2 Å². The number of nitrogens with two attached hydrogens (primary N) is 1. The van der Waals surface area contributed by atoms with E-state index in [0.29, 0.717) is 51.2 Å². The molecule has 0 aliphatic rings. The van der Waals surface area contributed by atoms with Crippen LogP contribution in [0.25, 0.3) is 0 Å². The third kappa shape index (κ3) is 6.87. The van der Waals surface area contributed by atoms with E-state index in [1.54, 1.807) is 60.7 Å². The summed E-state index contributed by atoms with van der Waals surface area (Å²) in [5.74, 6) is -0.813. The molecule has 3 rings (SSSR count). The highest BCUT2D eigenvalue weighted by Crippen LogP contribution is 2.33. The minimum atomic E-state index is -1.11. The minimum absolute atomic E-state index is 0.0628. The van der Waals surface area contributed by atoms with Crippen molar-refractivity contribution in [3.05, 3.63) is 82.4 Å². The van der Waals surface area contributed by atoms with Gasteiger partial charge in [-0.05, 0) is 55.5 Å². The number of ether oxygens (including phenoxy) is 2. The fourth-order valence-corrected chi connectivity index (χ4v) is 3.42. The van der Waals surface area contributed by atoms with Crippen LogP contribution in [0.2, 0.25) is 5.02 Å². The second-order valence-corrected chi connectivity index (χ2v) is 7.78. The highest BCUT2D eigenvalue weighted by Gasteiger charge is 2.16. The Hall–Kier alpha value is -4.24. The van der Waals surface area contributed by atoms with Crippen LogP contribution in [0.1, 0.15) is 28.4 Å². The molecule has 0 saturated carbocycles. The number of carbonyl (C=O) groups excluding carboxylic acids is 1. The first-order valence-electron chi connectivity index (χ1n) is 10.7. The second kappa shape index (κ2) is 11.8. The molecule has 0 bridgehead atoms. The molecule has 6 N–H and O–H groups in total. The van der Waals surface area contributed by atoms with Crippen molar-refractivity contribution in [1.82, 2.24) is 0 Å². The number of anilines is 2.